The van der Waals surface area contributed by atoms with E-state index in [1.165, 1.54) is 0 Å². The lowest BCUT2D eigenvalue weighted by atomic mass is 10.4. The molecule has 1 fully saturated rings. The first-order valence-corrected chi connectivity index (χ1v) is 4.42. The number of anilines is 1. The molecule has 0 amide bonds. The van der Waals surface area contributed by atoms with Crippen LogP contribution in [0.3, 0.4) is 0 Å². The summed E-state index contributed by atoms with van der Waals surface area (Å²) in [5, 5.41) is 8.81. The number of hydrogen-bond donors (Lipinski definition) is 1. The first-order chi connectivity index (χ1) is 6.40. The fourth-order valence-corrected chi connectivity index (χ4v) is 1.41. The van der Waals surface area contributed by atoms with Gasteiger partial charge in [-0.25, -0.2) is 0 Å². The normalized spacial score (nSPS) is 17.8. The van der Waals surface area contributed by atoms with Gasteiger partial charge in [0.25, 0.3) is 0 Å². The van der Waals surface area contributed by atoms with Crippen molar-refractivity contribution in [2.24, 2.45) is 0 Å². The number of rotatable bonds is 2. The molecule has 0 radical (unpaired) electrons. The lowest BCUT2D eigenvalue weighted by Crippen LogP contribution is -2.35. The maximum Gasteiger partial charge on any atom is 0.195 e. The van der Waals surface area contributed by atoms with Crippen LogP contribution in [0.1, 0.15) is 5.76 Å². The van der Waals surface area contributed by atoms with Crippen molar-refractivity contribution in [2.75, 3.05) is 31.2 Å². The minimum absolute atomic E-state index is 0.0374. The second-order valence-electron chi connectivity index (χ2n) is 3.00. The number of furan rings is 1. The Hall–Kier alpha value is -1.00. The standard InChI is InChI=1S/C9H13NO3/c11-7-8-1-2-9(13-8)10-3-5-12-6-4-10/h1-2,11H,3-7H2. The number of hydrogen-bond acceptors (Lipinski definition) is 4. The van der Waals surface area contributed by atoms with Crippen LogP contribution in [0, 0.1) is 0 Å². The Labute approximate surface area is 76.7 Å². The number of morpholine rings is 1. The Balaban J connectivity index is 2.05. The van der Waals surface area contributed by atoms with Crippen molar-refractivity contribution in [3.8, 4) is 0 Å². The van der Waals surface area contributed by atoms with Crippen LogP contribution in [0.25, 0.3) is 0 Å². The molecule has 2 heterocycles. The van der Waals surface area contributed by atoms with E-state index in [1.54, 1.807) is 6.07 Å². The Kier molecular flexibility index (Phi) is 2.52. The van der Waals surface area contributed by atoms with Gasteiger partial charge >= 0.3 is 0 Å². The van der Waals surface area contributed by atoms with Gasteiger partial charge in [0.1, 0.15) is 12.4 Å². The van der Waals surface area contributed by atoms with Gasteiger partial charge in [0.15, 0.2) is 5.88 Å². The van der Waals surface area contributed by atoms with E-state index >= 15 is 0 Å². The second kappa shape index (κ2) is 3.81. The van der Waals surface area contributed by atoms with E-state index < -0.39 is 0 Å². The van der Waals surface area contributed by atoms with Gasteiger partial charge in [-0.1, -0.05) is 0 Å². The summed E-state index contributed by atoms with van der Waals surface area (Å²) in [6.07, 6.45) is 0. The van der Waals surface area contributed by atoms with Crippen LogP contribution in [0.4, 0.5) is 5.88 Å². The second-order valence-corrected chi connectivity index (χ2v) is 3.00. The largest absolute Gasteiger partial charge is 0.443 e. The molecule has 1 aromatic heterocycles. The van der Waals surface area contributed by atoms with E-state index in [0.717, 1.165) is 32.2 Å². The van der Waals surface area contributed by atoms with Crippen molar-refractivity contribution in [3.63, 3.8) is 0 Å². The Morgan fingerprint density at radius 1 is 1.31 bits per heavy atom. The lowest BCUT2D eigenvalue weighted by molar-refractivity contribution is 0.120. The van der Waals surface area contributed by atoms with Crippen LogP contribution in [0.2, 0.25) is 0 Å². The summed E-state index contributed by atoms with van der Waals surface area (Å²) in [7, 11) is 0. The molecule has 0 spiro atoms. The maximum absolute atomic E-state index is 8.81. The van der Waals surface area contributed by atoms with Crippen LogP contribution in [0.15, 0.2) is 16.5 Å². The molecule has 13 heavy (non-hydrogen) atoms. The molecule has 1 aliphatic heterocycles. The fraction of sp³-hybridized carbons (Fsp3) is 0.556. The van der Waals surface area contributed by atoms with Gasteiger partial charge < -0.3 is 19.2 Å². The van der Waals surface area contributed by atoms with Gasteiger partial charge in [-0.2, -0.15) is 0 Å². The molecule has 0 bridgehead atoms. The van der Waals surface area contributed by atoms with Gasteiger partial charge in [-0.15, -0.1) is 0 Å². The van der Waals surface area contributed by atoms with E-state index in [-0.39, 0.29) is 6.61 Å². The van der Waals surface area contributed by atoms with Crippen molar-refractivity contribution in [1.82, 2.24) is 0 Å². The predicted octanol–water partition coefficient (Wildman–Crippen LogP) is 0.609. The smallest absolute Gasteiger partial charge is 0.195 e. The van der Waals surface area contributed by atoms with Gasteiger partial charge in [0, 0.05) is 19.2 Å². The van der Waals surface area contributed by atoms with Gasteiger partial charge in [0.05, 0.1) is 13.2 Å². The molecule has 0 atom stereocenters. The number of aliphatic hydroxyl groups is 1. The van der Waals surface area contributed by atoms with E-state index in [0.29, 0.717) is 5.76 Å². The maximum atomic E-state index is 8.81. The third kappa shape index (κ3) is 1.84. The lowest BCUT2D eigenvalue weighted by Gasteiger charge is -2.26. The number of aliphatic hydroxyl groups excluding tert-OH is 1. The molecular formula is C9H13NO3. The Bertz CT molecular complexity index is 266. The molecule has 1 N–H and O–H groups in total. The molecule has 0 unspecified atom stereocenters. The summed E-state index contributed by atoms with van der Waals surface area (Å²) in [6, 6.07) is 3.68. The molecule has 0 saturated carbocycles. The predicted molar refractivity (Wildman–Crippen MR) is 47.7 cm³/mol. The minimum Gasteiger partial charge on any atom is -0.443 e. The number of ether oxygens (including phenoxy) is 1. The van der Waals surface area contributed by atoms with Crippen molar-refractivity contribution in [1.29, 1.82) is 0 Å². The van der Waals surface area contributed by atoms with E-state index in [4.69, 9.17) is 14.3 Å². The molecule has 4 nitrogen and oxygen atoms in total. The van der Waals surface area contributed by atoms with Crippen LogP contribution < -0.4 is 4.90 Å². The van der Waals surface area contributed by atoms with Gasteiger partial charge in [-0.05, 0) is 6.07 Å². The van der Waals surface area contributed by atoms with Gasteiger partial charge in [-0.3, -0.25) is 0 Å². The quantitative estimate of drug-likeness (QED) is 0.729. The zero-order valence-electron chi connectivity index (χ0n) is 7.40. The summed E-state index contributed by atoms with van der Waals surface area (Å²) in [5.41, 5.74) is 0. The zero-order valence-corrected chi connectivity index (χ0v) is 7.40. The molecule has 1 saturated heterocycles. The van der Waals surface area contributed by atoms with Crippen molar-refractivity contribution in [2.45, 2.75) is 6.61 Å². The first kappa shape index (κ1) is 8.59. The zero-order chi connectivity index (χ0) is 9.10. The molecule has 4 heteroatoms. The molecule has 0 aromatic carbocycles. The highest BCUT2D eigenvalue weighted by atomic mass is 16.5. The fourth-order valence-electron chi connectivity index (χ4n) is 1.41. The summed E-state index contributed by atoms with van der Waals surface area (Å²) in [5.74, 6) is 1.44. The molecule has 1 aliphatic rings. The van der Waals surface area contributed by atoms with Crippen molar-refractivity contribution < 1.29 is 14.3 Å². The highest BCUT2D eigenvalue weighted by molar-refractivity contribution is 5.36. The summed E-state index contributed by atoms with van der Waals surface area (Å²) in [6.45, 7) is 3.17. The summed E-state index contributed by atoms with van der Waals surface area (Å²) >= 11 is 0. The molecule has 0 aliphatic carbocycles. The van der Waals surface area contributed by atoms with Crippen LogP contribution in [0.5, 0.6) is 0 Å². The topological polar surface area (TPSA) is 45.8 Å². The average molecular weight is 183 g/mol. The SMILES string of the molecule is OCc1ccc(N2CCOCC2)o1. The van der Waals surface area contributed by atoms with E-state index in [9.17, 15) is 0 Å². The van der Waals surface area contributed by atoms with Crippen LogP contribution >= 0.6 is 0 Å². The first-order valence-electron chi connectivity index (χ1n) is 4.42. The number of nitrogens with zero attached hydrogens (tertiary/aromatic N) is 1. The monoisotopic (exact) mass is 183 g/mol. The molecule has 2 rings (SSSR count). The third-order valence-corrected chi connectivity index (χ3v) is 2.13. The Morgan fingerprint density at radius 2 is 2.08 bits per heavy atom. The van der Waals surface area contributed by atoms with Crippen LogP contribution in [-0.2, 0) is 11.3 Å². The molecule has 1 aromatic rings. The third-order valence-electron chi connectivity index (χ3n) is 2.13. The minimum atomic E-state index is -0.0374. The average Bonchev–Trinajstić information content (AvgIpc) is 2.67. The van der Waals surface area contributed by atoms with Crippen LogP contribution in [-0.4, -0.2) is 31.4 Å². The molecular weight excluding hydrogens is 170 g/mol. The highest BCUT2D eigenvalue weighted by Crippen LogP contribution is 2.19. The van der Waals surface area contributed by atoms with Crippen molar-refractivity contribution >= 4 is 5.88 Å². The molecule has 72 valence electrons. The van der Waals surface area contributed by atoms with Crippen molar-refractivity contribution in [3.05, 3.63) is 17.9 Å². The van der Waals surface area contributed by atoms with E-state index in [2.05, 4.69) is 4.90 Å². The highest BCUT2D eigenvalue weighted by Gasteiger charge is 2.13. The summed E-state index contributed by atoms with van der Waals surface area (Å²) < 4.78 is 10.6. The van der Waals surface area contributed by atoms with E-state index in [1.807, 2.05) is 6.07 Å². The van der Waals surface area contributed by atoms with Gasteiger partial charge in [0.2, 0.25) is 0 Å². The summed E-state index contributed by atoms with van der Waals surface area (Å²) in [4.78, 5) is 2.11. The Morgan fingerprint density at radius 3 is 2.69 bits per heavy atom.